The summed E-state index contributed by atoms with van der Waals surface area (Å²) in [5.74, 6) is 0. The van der Waals surface area contributed by atoms with Gasteiger partial charge in [0, 0.05) is 4.47 Å². The SMILES string of the molecule is CC(C)(CCc1cccc(Br)c1)N=C=O. The zero-order valence-corrected chi connectivity index (χ0v) is 10.5. The molecule has 0 aliphatic heterocycles. The predicted octanol–water partition coefficient (Wildman–Crippen LogP) is 3.50. The van der Waals surface area contributed by atoms with Crippen LogP contribution >= 0.6 is 15.9 Å². The van der Waals surface area contributed by atoms with Crippen LogP contribution in [0.2, 0.25) is 0 Å². The summed E-state index contributed by atoms with van der Waals surface area (Å²) in [4.78, 5) is 14.0. The fraction of sp³-hybridized carbons (Fsp3) is 0.417. The van der Waals surface area contributed by atoms with E-state index >= 15 is 0 Å². The molecule has 0 amide bonds. The summed E-state index contributed by atoms with van der Waals surface area (Å²) in [6, 6.07) is 8.17. The van der Waals surface area contributed by atoms with Crippen LogP contribution in [0.4, 0.5) is 0 Å². The zero-order valence-electron chi connectivity index (χ0n) is 8.96. The number of benzene rings is 1. The van der Waals surface area contributed by atoms with Gasteiger partial charge in [-0.05, 0) is 44.4 Å². The average Bonchev–Trinajstić information content (AvgIpc) is 2.15. The molecule has 0 aliphatic carbocycles. The van der Waals surface area contributed by atoms with Gasteiger partial charge in [-0.25, -0.2) is 4.79 Å². The molecule has 0 atom stereocenters. The Kier molecular flexibility index (Phi) is 4.25. The third-order valence-electron chi connectivity index (χ3n) is 2.26. The average molecular weight is 268 g/mol. The topological polar surface area (TPSA) is 29.4 Å². The van der Waals surface area contributed by atoms with E-state index in [1.807, 2.05) is 26.0 Å². The molecule has 0 saturated heterocycles. The molecule has 0 aromatic heterocycles. The number of isocyanates is 1. The molecule has 0 spiro atoms. The van der Waals surface area contributed by atoms with E-state index in [1.165, 1.54) is 5.56 Å². The molecule has 15 heavy (non-hydrogen) atoms. The van der Waals surface area contributed by atoms with Gasteiger partial charge in [-0.3, -0.25) is 0 Å². The highest BCUT2D eigenvalue weighted by molar-refractivity contribution is 9.10. The number of halogens is 1. The van der Waals surface area contributed by atoms with E-state index in [1.54, 1.807) is 6.08 Å². The summed E-state index contributed by atoms with van der Waals surface area (Å²) < 4.78 is 1.08. The largest absolute Gasteiger partial charge is 0.235 e. The lowest BCUT2D eigenvalue weighted by molar-refractivity contribution is 0.470. The molecule has 0 heterocycles. The van der Waals surface area contributed by atoms with Gasteiger partial charge in [-0.1, -0.05) is 28.1 Å². The fourth-order valence-corrected chi connectivity index (χ4v) is 1.77. The van der Waals surface area contributed by atoms with E-state index in [9.17, 15) is 4.79 Å². The van der Waals surface area contributed by atoms with Gasteiger partial charge < -0.3 is 0 Å². The summed E-state index contributed by atoms with van der Waals surface area (Å²) in [7, 11) is 0. The van der Waals surface area contributed by atoms with Crippen LogP contribution in [0.1, 0.15) is 25.8 Å². The summed E-state index contributed by atoms with van der Waals surface area (Å²) in [6.07, 6.45) is 3.38. The summed E-state index contributed by atoms with van der Waals surface area (Å²) >= 11 is 3.43. The van der Waals surface area contributed by atoms with Gasteiger partial charge >= 0.3 is 0 Å². The van der Waals surface area contributed by atoms with Crippen LogP contribution < -0.4 is 0 Å². The second kappa shape index (κ2) is 5.24. The molecule has 0 N–H and O–H groups in total. The number of nitrogens with zero attached hydrogens (tertiary/aromatic N) is 1. The number of hydrogen-bond donors (Lipinski definition) is 0. The molecule has 0 aliphatic rings. The molecular formula is C12H14BrNO. The van der Waals surface area contributed by atoms with Gasteiger partial charge in [0.15, 0.2) is 0 Å². The molecule has 2 nitrogen and oxygen atoms in total. The van der Waals surface area contributed by atoms with Crippen LogP contribution in [0.5, 0.6) is 0 Å². The van der Waals surface area contributed by atoms with E-state index in [-0.39, 0.29) is 5.54 Å². The summed E-state index contributed by atoms with van der Waals surface area (Å²) in [5.41, 5.74) is 0.933. The van der Waals surface area contributed by atoms with E-state index in [2.05, 4.69) is 33.1 Å². The molecule has 0 saturated carbocycles. The zero-order chi connectivity index (χ0) is 11.3. The van der Waals surface area contributed by atoms with Crippen molar-refractivity contribution in [1.29, 1.82) is 0 Å². The third-order valence-corrected chi connectivity index (χ3v) is 2.76. The van der Waals surface area contributed by atoms with Crippen molar-refractivity contribution in [2.75, 3.05) is 0 Å². The van der Waals surface area contributed by atoms with Crippen molar-refractivity contribution >= 4 is 22.0 Å². The standard InChI is InChI=1S/C12H14BrNO/c1-12(2,14-9-15)7-6-10-4-3-5-11(13)8-10/h3-5,8H,6-7H2,1-2H3. The Hall–Kier alpha value is -0.920. The predicted molar refractivity (Wildman–Crippen MR) is 64.7 cm³/mol. The second-order valence-electron chi connectivity index (χ2n) is 4.15. The highest BCUT2D eigenvalue weighted by Crippen LogP contribution is 2.19. The molecule has 1 aromatic rings. The summed E-state index contributed by atoms with van der Waals surface area (Å²) in [5, 5.41) is 0. The van der Waals surface area contributed by atoms with E-state index < -0.39 is 0 Å². The van der Waals surface area contributed by atoms with Crippen molar-refractivity contribution in [1.82, 2.24) is 0 Å². The first-order valence-electron chi connectivity index (χ1n) is 4.87. The minimum atomic E-state index is -0.315. The van der Waals surface area contributed by atoms with Crippen LogP contribution in [-0.2, 0) is 11.2 Å². The van der Waals surface area contributed by atoms with Gasteiger partial charge in [-0.2, -0.15) is 4.99 Å². The number of aryl methyl sites for hydroxylation is 1. The molecule has 0 bridgehead atoms. The molecule has 3 heteroatoms. The van der Waals surface area contributed by atoms with Gasteiger partial charge in [-0.15, -0.1) is 0 Å². The second-order valence-corrected chi connectivity index (χ2v) is 5.06. The lowest BCUT2D eigenvalue weighted by atomic mass is 9.96. The first kappa shape index (κ1) is 12.2. The lowest BCUT2D eigenvalue weighted by Gasteiger charge is -2.16. The summed E-state index contributed by atoms with van der Waals surface area (Å²) in [6.45, 7) is 3.88. The van der Waals surface area contributed by atoms with Crippen molar-refractivity contribution in [3.8, 4) is 0 Å². The first-order valence-corrected chi connectivity index (χ1v) is 5.66. The van der Waals surface area contributed by atoms with E-state index in [0.29, 0.717) is 0 Å². The normalized spacial score (nSPS) is 10.9. The van der Waals surface area contributed by atoms with Crippen molar-refractivity contribution in [2.24, 2.45) is 4.99 Å². The molecule has 1 aromatic carbocycles. The van der Waals surface area contributed by atoms with Gasteiger partial charge in [0.2, 0.25) is 6.08 Å². The first-order chi connectivity index (χ1) is 7.03. The van der Waals surface area contributed by atoms with Gasteiger partial charge in [0.25, 0.3) is 0 Å². The Morgan fingerprint density at radius 3 is 2.80 bits per heavy atom. The Morgan fingerprint density at radius 1 is 1.47 bits per heavy atom. The van der Waals surface area contributed by atoms with Crippen molar-refractivity contribution in [3.63, 3.8) is 0 Å². The number of aliphatic imine (C=N–C) groups is 1. The van der Waals surface area contributed by atoms with Crippen LogP contribution in [0.3, 0.4) is 0 Å². The van der Waals surface area contributed by atoms with Crippen LogP contribution in [0.25, 0.3) is 0 Å². The minimum Gasteiger partial charge on any atom is -0.211 e. The van der Waals surface area contributed by atoms with Crippen molar-refractivity contribution in [2.45, 2.75) is 32.2 Å². The maximum atomic E-state index is 10.2. The number of rotatable bonds is 4. The van der Waals surface area contributed by atoms with E-state index in [0.717, 1.165) is 17.3 Å². The maximum absolute atomic E-state index is 10.2. The molecule has 0 unspecified atom stereocenters. The van der Waals surface area contributed by atoms with E-state index in [4.69, 9.17) is 0 Å². The molecule has 0 radical (unpaired) electrons. The molecule has 1 rings (SSSR count). The lowest BCUT2D eigenvalue weighted by Crippen LogP contribution is -2.17. The number of carbonyl (C=O) groups excluding carboxylic acids is 1. The Labute approximate surface area is 98.5 Å². The Morgan fingerprint density at radius 2 is 2.20 bits per heavy atom. The van der Waals surface area contributed by atoms with Crippen LogP contribution in [0, 0.1) is 0 Å². The highest BCUT2D eigenvalue weighted by atomic mass is 79.9. The molecule has 0 fully saturated rings. The highest BCUT2D eigenvalue weighted by Gasteiger charge is 2.15. The van der Waals surface area contributed by atoms with Crippen molar-refractivity contribution < 1.29 is 4.79 Å². The molecule has 80 valence electrons. The number of hydrogen-bond acceptors (Lipinski definition) is 2. The van der Waals surface area contributed by atoms with Gasteiger partial charge in [0.1, 0.15) is 0 Å². The molecular weight excluding hydrogens is 254 g/mol. The van der Waals surface area contributed by atoms with Crippen LogP contribution in [-0.4, -0.2) is 11.6 Å². The Balaban J connectivity index is 2.61. The fourth-order valence-electron chi connectivity index (χ4n) is 1.32. The van der Waals surface area contributed by atoms with Gasteiger partial charge in [0.05, 0.1) is 5.54 Å². The van der Waals surface area contributed by atoms with Crippen LogP contribution in [0.15, 0.2) is 33.7 Å². The van der Waals surface area contributed by atoms with Crippen molar-refractivity contribution in [3.05, 3.63) is 34.3 Å². The maximum Gasteiger partial charge on any atom is 0.235 e. The monoisotopic (exact) mass is 267 g/mol. The minimum absolute atomic E-state index is 0.315. The third kappa shape index (κ3) is 4.41. The Bertz CT molecular complexity index is 381. The quantitative estimate of drug-likeness (QED) is 0.607. The smallest absolute Gasteiger partial charge is 0.211 e.